The van der Waals surface area contributed by atoms with Crippen LogP contribution in [0.25, 0.3) is 0 Å². The van der Waals surface area contributed by atoms with Gasteiger partial charge in [0.15, 0.2) is 0 Å². The van der Waals surface area contributed by atoms with E-state index in [1.54, 1.807) is 24.5 Å². The van der Waals surface area contributed by atoms with E-state index in [4.69, 9.17) is 0 Å². The molecule has 1 aromatic heterocycles. The number of hydrogen-bond acceptors (Lipinski definition) is 6. The van der Waals surface area contributed by atoms with Crippen LogP contribution >= 0.6 is 0 Å². The number of benzene rings is 1. The summed E-state index contributed by atoms with van der Waals surface area (Å²) in [5.41, 5.74) is 2.15. The summed E-state index contributed by atoms with van der Waals surface area (Å²) in [6, 6.07) is 7.28. The number of anilines is 3. The van der Waals surface area contributed by atoms with Crippen LogP contribution in [0, 0.1) is 0 Å². The van der Waals surface area contributed by atoms with Gasteiger partial charge in [0.2, 0.25) is 11.9 Å². The van der Waals surface area contributed by atoms with E-state index in [9.17, 15) is 9.59 Å². The van der Waals surface area contributed by atoms with Crippen LogP contribution in [-0.4, -0.2) is 54.5 Å². The normalized spacial score (nSPS) is 19.5. The van der Waals surface area contributed by atoms with Crippen molar-refractivity contribution >= 4 is 29.1 Å². The van der Waals surface area contributed by atoms with Crippen LogP contribution in [0.15, 0.2) is 36.7 Å². The third kappa shape index (κ3) is 3.90. The van der Waals surface area contributed by atoms with E-state index in [2.05, 4.69) is 25.5 Å². The highest BCUT2D eigenvalue weighted by atomic mass is 16.2. The number of carbonyl (C=O) groups excluding carboxylic acids is 2. The van der Waals surface area contributed by atoms with Crippen molar-refractivity contribution in [3.63, 3.8) is 0 Å². The first-order valence-electron chi connectivity index (χ1n) is 9.58. The second-order valence-electron chi connectivity index (χ2n) is 7.26. The lowest BCUT2D eigenvalue weighted by molar-refractivity contribution is -0.115. The number of nitrogens with zero attached hydrogens (tertiary/aromatic N) is 4. The zero-order valence-corrected chi connectivity index (χ0v) is 15.9. The maximum absolute atomic E-state index is 12.8. The summed E-state index contributed by atoms with van der Waals surface area (Å²) < 4.78 is 0. The van der Waals surface area contributed by atoms with Crippen LogP contribution in [0.1, 0.15) is 29.6 Å². The average Bonchev–Trinajstić information content (AvgIpc) is 2.86. The Morgan fingerprint density at radius 1 is 1.25 bits per heavy atom. The highest BCUT2D eigenvalue weighted by Gasteiger charge is 2.24. The molecule has 0 bridgehead atoms. The van der Waals surface area contributed by atoms with E-state index in [-0.39, 0.29) is 17.9 Å². The monoisotopic (exact) mass is 380 g/mol. The number of rotatable bonds is 3. The number of carbonyl (C=O) groups is 2. The minimum Gasteiger partial charge on any atom is -0.372 e. The Hall–Kier alpha value is -3.16. The molecular formula is C20H24N6O2. The van der Waals surface area contributed by atoms with Crippen LogP contribution < -0.4 is 20.4 Å². The molecule has 2 aromatic rings. The second-order valence-corrected chi connectivity index (χ2v) is 7.26. The average molecular weight is 380 g/mol. The molecule has 146 valence electrons. The fourth-order valence-corrected chi connectivity index (χ4v) is 3.71. The lowest BCUT2D eigenvalue weighted by Gasteiger charge is -2.33. The number of nitrogens with one attached hydrogen (secondary N) is 2. The molecule has 8 nitrogen and oxygen atoms in total. The Kier molecular flexibility index (Phi) is 5.10. The first-order valence-corrected chi connectivity index (χ1v) is 9.58. The van der Waals surface area contributed by atoms with Gasteiger partial charge in [-0.3, -0.25) is 9.59 Å². The van der Waals surface area contributed by atoms with Gasteiger partial charge in [0.25, 0.3) is 5.91 Å². The van der Waals surface area contributed by atoms with Gasteiger partial charge in [-0.25, -0.2) is 9.97 Å². The van der Waals surface area contributed by atoms with Crippen molar-refractivity contribution in [3.8, 4) is 0 Å². The van der Waals surface area contributed by atoms with Crippen molar-refractivity contribution in [1.29, 1.82) is 0 Å². The predicted molar refractivity (Wildman–Crippen MR) is 108 cm³/mol. The lowest BCUT2D eigenvalue weighted by Crippen LogP contribution is -2.48. The van der Waals surface area contributed by atoms with Gasteiger partial charge in [-0.2, -0.15) is 0 Å². The van der Waals surface area contributed by atoms with Crippen molar-refractivity contribution in [1.82, 2.24) is 15.3 Å². The third-order valence-corrected chi connectivity index (χ3v) is 5.21. The first kappa shape index (κ1) is 18.2. The zero-order chi connectivity index (χ0) is 19.5. The molecule has 2 aliphatic rings. The first-order chi connectivity index (χ1) is 13.6. The Bertz CT molecular complexity index is 872. The topological polar surface area (TPSA) is 90.5 Å². The predicted octanol–water partition coefficient (Wildman–Crippen LogP) is 1.65. The molecule has 28 heavy (non-hydrogen) atoms. The molecule has 0 spiro atoms. The fourth-order valence-electron chi connectivity index (χ4n) is 3.71. The number of hydrogen-bond donors (Lipinski definition) is 2. The number of fused-ring (bicyclic) bond motifs is 1. The molecule has 4 rings (SSSR count). The third-order valence-electron chi connectivity index (χ3n) is 5.21. The maximum Gasteiger partial charge on any atom is 0.251 e. The standard InChI is InChI=1S/C20H24N6O2/c1-25-11-7-18(27)24-16-12-14(5-6-17(16)25)19(28)23-15-4-2-10-26(13-15)20-21-8-3-9-22-20/h3,5-6,8-9,12,15H,2,4,7,10-11,13H2,1H3,(H,23,28)(H,24,27). The number of amides is 2. The molecule has 1 fully saturated rings. The van der Waals surface area contributed by atoms with Crippen LogP contribution in [0.5, 0.6) is 0 Å². The highest BCUT2D eigenvalue weighted by Crippen LogP contribution is 2.29. The molecule has 1 aromatic carbocycles. The van der Waals surface area contributed by atoms with Crippen molar-refractivity contribution < 1.29 is 9.59 Å². The van der Waals surface area contributed by atoms with Crippen molar-refractivity contribution in [2.75, 3.05) is 41.8 Å². The van der Waals surface area contributed by atoms with E-state index in [1.807, 2.05) is 24.1 Å². The Morgan fingerprint density at radius 3 is 2.89 bits per heavy atom. The van der Waals surface area contributed by atoms with Gasteiger partial charge in [-0.1, -0.05) is 0 Å². The van der Waals surface area contributed by atoms with Gasteiger partial charge in [-0.15, -0.1) is 0 Å². The van der Waals surface area contributed by atoms with Crippen molar-refractivity contribution in [2.45, 2.75) is 25.3 Å². The summed E-state index contributed by atoms with van der Waals surface area (Å²) in [7, 11) is 1.95. The van der Waals surface area contributed by atoms with Crippen LogP contribution in [0.4, 0.5) is 17.3 Å². The molecule has 2 N–H and O–H groups in total. The lowest BCUT2D eigenvalue weighted by atomic mass is 10.0. The summed E-state index contributed by atoms with van der Waals surface area (Å²) in [5, 5.41) is 6.01. The molecular weight excluding hydrogens is 356 g/mol. The van der Waals surface area contributed by atoms with Crippen molar-refractivity contribution in [3.05, 3.63) is 42.2 Å². The van der Waals surface area contributed by atoms with Gasteiger partial charge < -0.3 is 20.4 Å². The smallest absolute Gasteiger partial charge is 0.251 e. The molecule has 1 unspecified atom stereocenters. The molecule has 0 saturated carbocycles. The van der Waals surface area contributed by atoms with Crippen molar-refractivity contribution in [2.24, 2.45) is 0 Å². The van der Waals surface area contributed by atoms with Gasteiger partial charge >= 0.3 is 0 Å². The Balaban J connectivity index is 1.46. The SMILES string of the molecule is CN1CCC(=O)Nc2cc(C(=O)NC3CCCN(c4ncccn4)C3)ccc21. The molecule has 8 heteroatoms. The second kappa shape index (κ2) is 7.84. The molecule has 0 radical (unpaired) electrons. The maximum atomic E-state index is 12.8. The van der Waals surface area contributed by atoms with Gasteiger partial charge in [0.1, 0.15) is 0 Å². The summed E-state index contributed by atoms with van der Waals surface area (Å²) in [6.07, 6.45) is 5.77. The zero-order valence-electron chi connectivity index (χ0n) is 15.9. The fraction of sp³-hybridized carbons (Fsp3) is 0.400. The van der Waals surface area contributed by atoms with E-state index < -0.39 is 0 Å². The van der Waals surface area contributed by atoms with E-state index in [0.29, 0.717) is 36.7 Å². The van der Waals surface area contributed by atoms with Gasteiger partial charge in [0, 0.05) is 57.1 Å². The summed E-state index contributed by atoms with van der Waals surface area (Å²) in [5.74, 6) is 0.524. The van der Waals surface area contributed by atoms with E-state index in [0.717, 1.165) is 25.1 Å². The molecule has 3 heterocycles. The molecule has 1 saturated heterocycles. The number of aromatic nitrogens is 2. The molecule has 0 aliphatic carbocycles. The quantitative estimate of drug-likeness (QED) is 0.842. The van der Waals surface area contributed by atoms with Crippen LogP contribution in [-0.2, 0) is 4.79 Å². The summed E-state index contributed by atoms with van der Waals surface area (Å²) >= 11 is 0. The van der Waals surface area contributed by atoms with E-state index in [1.165, 1.54) is 0 Å². The Morgan fingerprint density at radius 2 is 2.07 bits per heavy atom. The van der Waals surface area contributed by atoms with Gasteiger partial charge in [0.05, 0.1) is 11.4 Å². The molecule has 1 atom stereocenters. The van der Waals surface area contributed by atoms with Gasteiger partial charge in [-0.05, 0) is 37.1 Å². The summed E-state index contributed by atoms with van der Waals surface area (Å²) in [6.45, 7) is 2.22. The van der Waals surface area contributed by atoms with E-state index >= 15 is 0 Å². The summed E-state index contributed by atoms with van der Waals surface area (Å²) in [4.78, 5) is 37.4. The van der Waals surface area contributed by atoms with Crippen LogP contribution in [0.3, 0.4) is 0 Å². The molecule has 2 amide bonds. The minimum absolute atomic E-state index is 0.0288. The number of piperidine rings is 1. The highest BCUT2D eigenvalue weighted by molar-refractivity contribution is 6.01. The largest absolute Gasteiger partial charge is 0.372 e. The minimum atomic E-state index is -0.134. The molecule has 2 aliphatic heterocycles. The van der Waals surface area contributed by atoms with Crippen LogP contribution in [0.2, 0.25) is 0 Å². The Labute approximate surface area is 164 Å².